The number of carbonyl (C=O) groups excluding carboxylic acids is 1. The van der Waals surface area contributed by atoms with Crippen LogP contribution in [-0.2, 0) is 0 Å². The van der Waals surface area contributed by atoms with Gasteiger partial charge in [-0.15, -0.1) is 0 Å². The molecule has 2 aromatic rings. The molecule has 2 nitrogen and oxygen atoms in total. The van der Waals surface area contributed by atoms with E-state index in [9.17, 15) is 9.18 Å². The van der Waals surface area contributed by atoms with E-state index in [4.69, 9.17) is 0 Å². The zero-order chi connectivity index (χ0) is 14.5. The largest absolute Gasteiger partial charge is 0.322 e. The summed E-state index contributed by atoms with van der Waals surface area (Å²) >= 11 is 0. The highest BCUT2D eigenvalue weighted by Gasteiger charge is 2.12. The fourth-order valence-corrected chi connectivity index (χ4v) is 2.06. The maximum absolute atomic E-state index is 12.9. The van der Waals surface area contributed by atoms with Gasteiger partial charge in [0.1, 0.15) is 5.82 Å². The molecule has 1 amide bonds. The molecular weight excluding hydrogens is 253 g/mol. The molecule has 0 fully saturated rings. The molecule has 0 bridgehead atoms. The van der Waals surface area contributed by atoms with Crippen LogP contribution in [0.4, 0.5) is 10.1 Å². The number of hydrogen-bond donors (Lipinski definition) is 1. The van der Waals surface area contributed by atoms with Gasteiger partial charge < -0.3 is 5.32 Å². The van der Waals surface area contributed by atoms with Crippen molar-refractivity contribution in [3.8, 4) is 0 Å². The van der Waals surface area contributed by atoms with E-state index in [0.717, 1.165) is 17.7 Å². The lowest BCUT2D eigenvalue weighted by Gasteiger charge is -2.15. The number of nitrogens with one attached hydrogen (secondary N) is 1. The molecule has 0 radical (unpaired) electrons. The van der Waals surface area contributed by atoms with E-state index < -0.39 is 0 Å². The second kappa shape index (κ2) is 6.33. The van der Waals surface area contributed by atoms with Crippen LogP contribution >= 0.6 is 0 Å². The summed E-state index contributed by atoms with van der Waals surface area (Å²) in [6.07, 6.45) is 1.00. The Morgan fingerprint density at radius 2 is 1.80 bits per heavy atom. The number of benzene rings is 2. The van der Waals surface area contributed by atoms with Gasteiger partial charge in [0.05, 0.1) is 0 Å². The minimum Gasteiger partial charge on any atom is -0.322 e. The van der Waals surface area contributed by atoms with Gasteiger partial charge in [-0.1, -0.05) is 32.0 Å². The monoisotopic (exact) mass is 271 g/mol. The van der Waals surface area contributed by atoms with Crippen molar-refractivity contribution in [2.45, 2.75) is 26.2 Å². The van der Waals surface area contributed by atoms with Gasteiger partial charge in [-0.3, -0.25) is 4.79 Å². The van der Waals surface area contributed by atoms with Crippen molar-refractivity contribution < 1.29 is 9.18 Å². The van der Waals surface area contributed by atoms with E-state index in [-0.39, 0.29) is 11.7 Å². The molecule has 1 atom stereocenters. The van der Waals surface area contributed by atoms with Gasteiger partial charge in [0.15, 0.2) is 0 Å². The number of rotatable bonds is 4. The van der Waals surface area contributed by atoms with E-state index >= 15 is 0 Å². The predicted molar refractivity (Wildman–Crippen MR) is 79.5 cm³/mol. The summed E-state index contributed by atoms with van der Waals surface area (Å²) in [6, 6.07) is 13.3. The van der Waals surface area contributed by atoms with Crippen LogP contribution in [0, 0.1) is 5.82 Å². The molecular formula is C17H18FNO. The van der Waals surface area contributed by atoms with Crippen LogP contribution in [-0.4, -0.2) is 5.91 Å². The predicted octanol–water partition coefficient (Wildman–Crippen LogP) is 4.59. The minimum atomic E-state index is -0.346. The lowest BCUT2D eigenvalue weighted by atomic mass is 9.97. The molecule has 1 N–H and O–H groups in total. The van der Waals surface area contributed by atoms with Gasteiger partial charge in [-0.25, -0.2) is 4.39 Å². The van der Waals surface area contributed by atoms with Crippen LogP contribution in [0.5, 0.6) is 0 Å². The summed E-state index contributed by atoms with van der Waals surface area (Å²) in [5.41, 5.74) is 2.38. The molecule has 0 aliphatic rings. The first kappa shape index (κ1) is 14.3. The molecule has 0 aliphatic carbocycles. The lowest BCUT2D eigenvalue weighted by Crippen LogP contribution is -2.13. The van der Waals surface area contributed by atoms with Gasteiger partial charge in [0.25, 0.3) is 5.91 Å². The van der Waals surface area contributed by atoms with Gasteiger partial charge >= 0.3 is 0 Å². The smallest absolute Gasteiger partial charge is 0.255 e. The first-order chi connectivity index (χ1) is 9.61. The number of anilines is 1. The number of para-hydroxylation sites is 1. The first-order valence-corrected chi connectivity index (χ1v) is 6.77. The van der Waals surface area contributed by atoms with Crippen LogP contribution in [0.1, 0.15) is 42.1 Å². The summed E-state index contributed by atoms with van der Waals surface area (Å²) in [5, 5.41) is 2.90. The topological polar surface area (TPSA) is 29.1 Å². The van der Waals surface area contributed by atoms with Crippen LogP contribution in [0.25, 0.3) is 0 Å². The molecule has 0 saturated heterocycles. The Hall–Kier alpha value is -2.16. The molecule has 0 aromatic heterocycles. The Labute approximate surface area is 118 Å². The lowest BCUT2D eigenvalue weighted by molar-refractivity contribution is 0.102. The summed E-state index contributed by atoms with van der Waals surface area (Å²) in [6.45, 7) is 4.24. The van der Waals surface area contributed by atoms with Crippen molar-refractivity contribution in [1.82, 2.24) is 0 Å². The third-order valence-electron chi connectivity index (χ3n) is 3.46. The maximum atomic E-state index is 12.9. The highest BCUT2D eigenvalue weighted by atomic mass is 19.1. The SMILES string of the molecule is CC[C@H](C)c1ccccc1NC(=O)c1ccc(F)cc1. The highest BCUT2D eigenvalue weighted by Crippen LogP contribution is 2.26. The Balaban J connectivity index is 2.21. The molecule has 0 saturated carbocycles. The highest BCUT2D eigenvalue weighted by molar-refractivity contribution is 6.04. The molecule has 2 aromatic carbocycles. The van der Waals surface area contributed by atoms with E-state index in [1.54, 1.807) is 0 Å². The Bertz CT molecular complexity index is 592. The van der Waals surface area contributed by atoms with Crippen molar-refractivity contribution in [3.63, 3.8) is 0 Å². The quantitative estimate of drug-likeness (QED) is 0.865. The van der Waals surface area contributed by atoms with Crippen molar-refractivity contribution in [1.29, 1.82) is 0 Å². The third kappa shape index (κ3) is 3.23. The first-order valence-electron chi connectivity index (χ1n) is 6.77. The zero-order valence-corrected chi connectivity index (χ0v) is 11.7. The molecule has 0 unspecified atom stereocenters. The number of halogens is 1. The number of amides is 1. The second-order valence-electron chi connectivity index (χ2n) is 4.86. The van der Waals surface area contributed by atoms with Crippen LogP contribution in [0.15, 0.2) is 48.5 Å². The fraction of sp³-hybridized carbons (Fsp3) is 0.235. The molecule has 20 heavy (non-hydrogen) atoms. The average molecular weight is 271 g/mol. The Morgan fingerprint density at radius 1 is 1.15 bits per heavy atom. The van der Waals surface area contributed by atoms with Crippen molar-refractivity contribution in [2.75, 3.05) is 5.32 Å². The van der Waals surface area contributed by atoms with Crippen molar-refractivity contribution in [3.05, 3.63) is 65.5 Å². The second-order valence-corrected chi connectivity index (χ2v) is 4.86. The molecule has 0 aliphatic heterocycles. The van der Waals surface area contributed by atoms with E-state index in [2.05, 4.69) is 19.2 Å². The summed E-state index contributed by atoms with van der Waals surface area (Å²) < 4.78 is 12.9. The molecule has 2 rings (SSSR count). The van der Waals surface area contributed by atoms with Crippen molar-refractivity contribution >= 4 is 11.6 Å². The Morgan fingerprint density at radius 3 is 2.45 bits per heavy atom. The van der Waals surface area contributed by atoms with Crippen LogP contribution < -0.4 is 5.32 Å². The van der Waals surface area contributed by atoms with E-state index in [1.165, 1.54) is 24.3 Å². The molecule has 104 valence electrons. The van der Waals surface area contributed by atoms with Crippen LogP contribution in [0.3, 0.4) is 0 Å². The number of hydrogen-bond acceptors (Lipinski definition) is 1. The van der Waals surface area contributed by atoms with Crippen LogP contribution in [0.2, 0.25) is 0 Å². The summed E-state index contributed by atoms with van der Waals surface area (Å²) in [4.78, 5) is 12.2. The maximum Gasteiger partial charge on any atom is 0.255 e. The normalized spacial score (nSPS) is 11.9. The van der Waals surface area contributed by atoms with Gasteiger partial charge in [-0.2, -0.15) is 0 Å². The standard InChI is InChI=1S/C17H18FNO/c1-3-12(2)15-6-4-5-7-16(15)19-17(20)13-8-10-14(18)11-9-13/h4-12H,3H2,1-2H3,(H,19,20)/t12-/m0/s1. The molecule has 0 spiro atoms. The minimum absolute atomic E-state index is 0.222. The van der Waals surface area contributed by atoms with E-state index in [0.29, 0.717) is 11.5 Å². The fourth-order valence-electron chi connectivity index (χ4n) is 2.06. The molecule has 3 heteroatoms. The Kier molecular flexibility index (Phi) is 4.51. The average Bonchev–Trinajstić information content (AvgIpc) is 2.47. The molecule has 0 heterocycles. The van der Waals surface area contributed by atoms with Gasteiger partial charge in [-0.05, 0) is 48.2 Å². The van der Waals surface area contributed by atoms with Gasteiger partial charge in [0, 0.05) is 11.3 Å². The number of carbonyl (C=O) groups is 1. The summed E-state index contributed by atoms with van der Waals surface area (Å²) in [7, 11) is 0. The van der Waals surface area contributed by atoms with Crippen molar-refractivity contribution in [2.24, 2.45) is 0 Å². The third-order valence-corrected chi connectivity index (χ3v) is 3.46. The summed E-state index contributed by atoms with van der Waals surface area (Å²) in [5.74, 6) is -0.193. The van der Waals surface area contributed by atoms with Gasteiger partial charge in [0.2, 0.25) is 0 Å². The van der Waals surface area contributed by atoms with E-state index in [1.807, 2.05) is 24.3 Å². The zero-order valence-electron chi connectivity index (χ0n) is 11.7.